The molecule has 0 spiro atoms. The van der Waals surface area contributed by atoms with Crippen molar-refractivity contribution in [2.75, 3.05) is 20.6 Å². The number of alkyl carbamates (subject to hydrolysis) is 1. The summed E-state index contributed by atoms with van der Waals surface area (Å²) < 4.78 is 5.52. The molecule has 0 radical (unpaired) electrons. The zero-order valence-electron chi connectivity index (χ0n) is 32.2. The Morgan fingerprint density at radius 2 is 1.55 bits per heavy atom. The van der Waals surface area contributed by atoms with Gasteiger partial charge in [-0.1, -0.05) is 63.4 Å². The molecule has 1 aromatic rings. The summed E-state index contributed by atoms with van der Waals surface area (Å²) in [5.74, 6) is -4.20. The highest BCUT2D eigenvalue weighted by Gasteiger charge is 2.53. The zero-order chi connectivity index (χ0) is 39.0. The molecule has 4 N–H and O–H groups in total. The van der Waals surface area contributed by atoms with E-state index in [1.54, 1.807) is 70.1 Å². The number of Topliss-reactive ketones (excluding diaryl/α,β-unsaturated/α-hetero) is 1. The number of nitrogens with one attached hydrogen (secondary N) is 4. The Kier molecular flexibility index (Phi) is 14.0. The molecule has 6 amide bonds. The molecule has 1 heterocycles. The van der Waals surface area contributed by atoms with Gasteiger partial charge < -0.3 is 35.8 Å². The van der Waals surface area contributed by atoms with Gasteiger partial charge in [-0.3, -0.25) is 28.8 Å². The third-order valence-corrected chi connectivity index (χ3v) is 10.3. The molecule has 6 unspecified atom stereocenters. The van der Waals surface area contributed by atoms with Gasteiger partial charge in [-0.2, -0.15) is 0 Å². The van der Waals surface area contributed by atoms with Gasteiger partial charge in [0.25, 0.3) is 5.91 Å². The third-order valence-electron chi connectivity index (χ3n) is 10.3. The number of rotatable bonds is 14. The molecule has 2 bridgehead atoms. The smallest absolute Gasteiger partial charge is 0.408 e. The number of ether oxygens (including phenoxy) is 1. The maximum Gasteiger partial charge on any atom is 0.408 e. The van der Waals surface area contributed by atoms with Gasteiger partial charge in [0.05, 0.1) is 12.6 Å². The van der Waals surface area contributed by atoms with E-state index in [1.165, 1.54) is 4.90 Å². The predicted octanol–water partition coefficient (Wildman–Crippen LogP) is 3.00. The molecule has 53 heavy (non-hydrogen) atoms. The summed E-state index contributed by atoms with van der Waals surface area (Å²) in [6.45, 7) is 8.40. The van der Waals surface area contributed by atoms with E-state index in [2.05, 4.69) is 21.3 Å². The first-order valence-corrected chi connectivity index (χ1v) is 19.0. The molecular formula is C39H58N6O8. The van der Waals surface area contributed by atoms with Crippen LogP contribution in [0.3, 0.4) is 0 Å². The standard InChI is InChI=1S/C39H58N6O8/c1-23(2)20-28(33(47)35(49)40-22-29(46)42-30(36(50)44(6)7)24-14-10-8-11-15-24)41-34(48)32-26-18-19-27(21-26)45(32)37(51)31(25-16-12-9-13-17-25)43-38(52)53-39(3,4)5/h8,10-11,14-15,23,25-28,30-32H,9,12-13,16-22H2,1-7H3,(H,40,49)(H,41,48)(H,42,46)(H,43,52). The van der Waals surface area contributed by atoms with Crippen LogP contribution in [-0.4, -0.2) is 102 Å². The Morgan fingerprint density at radius 1 is 0.887 bits per heavy atom. The van der Waals surface area contributed by atoms with E-state index in [9.17, 15) is 33.6 Å². The highest BCUT2D eigenvalue weighted by molar-refractivity contribution is 6.38. The molecule has 0 aromatic heterocycles. The monoisotopic (exact) mass is 738 g/mol. The van der Waals surface area contributed by atoms with Crippen LogP contribution in [0.15, 0.2) is 30.3 Å². The van der Waals surface area contributed by atoms with Crippen LogP contribution in [-0.2, 0) is 33.5 Å². The Hall–Kier alpha value is -4.49. The van der Waals surface area contributed by atoms with E-state index < -0.39 is 65.9 Å². The van der Waals surface area contributed by atoms with E-state index in [0.717, 1.165) is 44.9 Å². The number of likely N-dealkylation sites (tertiary alicyclic amines) is 1. The summed E-state index contributed by atoms with van der Waals surface area (Å²) in [7, 11) is 3.13. The second-order valence-corrected chi connectivity index (χ2v) is 16.3. The molecule has 14 heteroatoms. The van der Waals surface area contributed by atoms with Crippen molar-refractivity contribution in [3.63, 3.8) is 0 Å². The van der Waals surface area contributed by atoms with E-state index in [1.807, 2.05) is 13.8 Å². The number of carbonyl (C=O) groups excluding carboxylic acids is 7. The normalized spacial score (nSPS) is 21.6. The van der Waals surface area contributed by atoms with Crippen LogP contribution in [0.5, 0.6) is 0 Å². The fourth-order valence-electron chi connectivity index (χ4n) is 7.86. The summed E-state index contributed by atoms with van der Waals surface area (Å²) >= 11 is 0. The van der Waals surface area contributed by atoms with E-state index in [4.69, 9.17) is 4.74 Å². The molecular weight excluding hydrogens is 680 g/mol. The van der Waals surface area contributed by atoms with Crippen molar-refractivity contribution in [3.05, 3.63) is 35.9 Å². The maximum atomic E-state index is 14.4. The molecule has 14 nitrogen and oxygen atoms in total. The van der Waals surface area contributed by atoms with Crippen LogP contribution in [0.2, 0.25) is 0 Å². The number of carbonyl (C=O) groups is 7. The van der Waals surface area contributed by atoms with Crippen molar-refractivity contribution >= 4 is 41.4 Å². The summed E-state index contributed by atoms with van der Waals surface area (Å²) in [6.07, 6.45) is 6.02. The van der Waals surface area contributed by atoms with Crippen molar-refractivity contribution in [2.24, 2.45) is 17.8 Å². The molecule has 6 atom stereocenters. The minimum Gasteiger partial charge on any atom is -0.444 e. The fourth-order valence-corrected chi connectivity index (χ4v) is 7.86. The number of likely N-dealkylation sites (N-methyl/N-ethyl adjacent to an activating group) is 1. The Bertz CT molecular complexity index is 1500. The lowest BCUT2D eigenvalue weighted by Crippen LogP contribution is -2.61. The first kappa shape index (κ1) is 41.3. The van der Waals surface area contributed by atoms with Crippen molar-refractivity contribution in [2.45, 2.75) is 128 Å². The Balaban J connectivity index is 1.46. The zero-order valence-corrected chi connectivity index (χ0v) is 32.2. The molecule has 1 aromatic carbocycles. The quantitative estimate of drug-likeness (QED) is 0.210. The number of ketones is 1. The fraction of sp³-hybridized carbons (Fsp3) is 0.667. The Morgan fingerprint density at radius 3 is 2.15 bits per heavy atom. The van der Waals surface area contributed by atoms with Crippen LogP contribution in [0.1, 0.15) is 104 Å². The SMILES string of the molecule is CC(C)CC(NC(=O)C1C2CCC(C2)N1C(=O)C(NC(=O)OC(C)(C)C)C1CCCCC1)C(=O)C(=O)NCC(=O)NC(C(=O)N(C)C)c1ccccc1. The predicted molar refractivity (Wildman–Crippen MR) is 197 cm³/mol. The van der Waals surface area contributed by atoms with Gasteiger partial charge in [0.1, 0.15) is 23.7 Å². The first-order chi connectivity index (χ1) is 25.0. The van der Waals surface area contributed by atoms with Crippen LogP contribution in [0.4, 0.5) is 4.79 Å². The number of hydrogen-bond acceptors (Lipinski definition) is 8. The summed E-state index contributed by atoms with van der Waals surface area (Å²) in [5.41, 5.74) is -0.205. The molecule has 1 aliphatic heterocycles. The lowest BCUT2D eigenvalue weighted by molar-refractivity contribution is -0.147. The molecule has 3 aliphatic rings. The number of fused-ring (bicyclic) bond motifs is 2. The van der Waals surface area contributed by atoms with E-state index in [-0.39, 0.29) is 42.0 Å². The maximum absolute atomic E-state index is 14.4. The van der Waals surface area contributed by atoms with Gasteiger partial charge in [0.2, 0.25) is 29.4 Å². The minimum atomic E-state index is -1.21. The highest BCUT2D eigenvalue weighted by Crippen LogP contribution is 2.44. The average Bonchev–Trinajstić information content (AvgIpc) is 3.73. The van der Waals surface area contributed by atoms with Gasteiger partial charge in [-0.15, -0.1) is 0 Å². The molecule has 3 fully saturated rings. The van der Waals surface area contributed by atoms with Crippen LogP contribution in [0.25, 0.3) is 0 Å². The van der Waals surface area contributed by atoms with Gasteiger partial charge in [-0.05, 0) is 82.6 Å². The molecule has 1 saturated heterocycles. The molecule has 2 aliphatic carbocycles. The van der Waals surface area contributed by atoms with Crippen molar-refractivity contribution in [3.8, 4) is 0 Å². The lowest BCUT2D eigenvalue weighted by Gasteiger charge is -2.40. The summed E-state index contributed by atoms with van der Waals surface area (Å²) in [5, 5.41) is 10.6. The first-order valence-electron chi connectivity index (χ1n) is 19.0. The van der Waals surface area contributed by atoms with Crippen molar-refractivity contribution < 1.29 is 38.3 Å². The number of hydrogen-bond donors (Lipinski definition) is 4. The van der Waals surface area contributed by atoms with Gasteiger partial charge >= 0.3 is 6.09 Å². The number of benzene rings is 1. The van der Waals surface area contributed by atoms with Crippen molar-refractivity contribution in [1.29, 1.82) is 0 Å². The van der Waals surface area contributed by atoms with Gasteiger partial charge in [0, 0.05) is 20.1 Å². The minimum absolute atomic E-state index is 0.0875. The van der Waals surface area contributed by atoms with Gasteiger partial charge in [0.15, 0.2) is 0 Å². The topological polar surface area (TPSA) is 183 Å². The summed E-state index contributed by atoms with van der Waals surface area (Å²) in [4.78, 5) is 96.9. The second kappa shape index (κ2) is 18.0. The molecule has 4 rings (SSSR count). The average molecular weight is 739 g/mol. The van der Waals surface area contributed by atoms with E-state index >= 15 is 0 Å². The van der Waals surface area contributed by atoms with Crippen molar-refractivity contribution in [1.82, 2.24) is 31.1 Å². The number of nitrogens with zero attached hydrogens (tertiary/aromatic N) is 2. The lowest BCUT2D eigenvalue weighted by atomic mass is 9.83. The number of amides is 6. The third kappa shape index (κ3) is 11.0. The van der Waals surface area contributed by atoms with E-state index in [0.29, 0.717) is 12.0 Å². The molecule has 292 valence electrons. The Labute approximate surface area is 312 Å². The largest absolute Gasteiger partial charge is 0.444 e. The molecule has 2 saturated carbocycles. The van der Waals surface area contributed by atoms with Gasteiger partial charge in [-0.25, -0.2) is 4.79 Å². The summed E-state index contributed by atoms with van der Waals surface area (Å²) in [6, 6.07) is 4.55. The highest BCUT2D eigenvalue weighted by atomic mass is 16.6. The van der Waals surface area contributed by atoms with Crippen LogP contribution < -0.4 is 21.3 Å². The second-order valence-electron chi connectivity index (χ2n) is 16.3. The van der Waals surface area contributed by atoms with Crippen LogP contribution >= 0.6 is 0 Å². The van der Waals surface area contributed by atoms with Crippen LogP contribution in [0, 0.1) is 17.8 Å². The number of piperidine rings is 1.